The Labute approximate surface area is 300 Å². The number of halogens is 3. The van der Waals surface area contributed by atoms with Gasteiger partial charge in [-0.15, -0.1) is 0 Å². The molecule has 0 spiro atoms. The fourth-order valence-corrected chi connectivity index (χ4v) is 11.3. The molecule has 0 bridgehead atoms. The number of benzene rings is 9. The first-order valence-electron chi connectivity index (χ1n) is 16.8. The van der Waals surface area contributed by atoms with Crippen molar-refractivity contribution in [1.82, 2.24) is 0 Å². The number of rotatable bonds is 4. The van der Waals surface area contributed by atoms with Gasteiger partial charge in [-0.3, -0.25) is 0 Å². The van der Waals surface area contributed by atoms with E-state index in [0.29, 0.717) is 10.8 Å². The van der Waals surface area contributed by atoms with Gasteiger partial charge in [0.05, 0.1) is 0 Å². The molecule has 0 unspecified atom stereocenters. The van der Waals surface area contributed by atoms with E-state index in [1.807, 2.05) is 24.3 Å². The topological polar surface area (TPSA) is 0 Å². The molecule has 10 rings (SSSR count). The first-order valence-corrected chi connectivity index (χ1v) is 19.8. The second-order valence-corrected chi connectivity index (χ2v) is 16.4. The van der Waals surface area contributed by atoms with Gasteiger partial charge in [0.25, 0.3) is 0 Å². The predicted octanol–water partition coefficient (Wildman–Crippen LogP) is 14.5. The Morgan fingerprint density at radius 2 is 0.725 bits per heavy atom. The summed E-state index contributed by atoms with van der Waals surface area (Å²) in [5.74, 6) is 0. The van der Waals surface area contributed by atoms with Crippen molar-refractivity contribution in [2.45, 2.75) is 4.90 Å². The Bertz CT molecular complexity index is 2900. The van der Waals surface area contributed by atoms with E-state index in [1.165, 1.54) is 63.1 Å². The molecule has 0 fully saturated rings. The molecule has 0 aliphatic heterocycles. The summed E-state index contributed by atoms with van der Waals surface area (Å²) in [7, 11) is 0. The van der Waals surface area contributed by atoms with Crippen molar-refractivity contribution in [3.05, 3.63) is 164 Å². The molecular weight excluding hydrogens is 721 g/mol. The van der Waals surface area contributed by atoms with Crippen LogP contribution in [0.2, 0.25) is 0 Å². The molecule has 5 heteroatoms. The van der Waals surface area contributed by atoms with E-state index in [1.54, 1.807) is 24.3 Å². The van der Waals surface area contributed by atoms with E-state index in [2.05, 4.69) is 115 Å². The van der Waals surface area contributed by atoms with Crippen molar-refractivity contribution < 1.29 is 11.7 Å². The minimum absolute atomic E-state index is 0.0857. The van der Waals surface area contributed by atoms with Gasteiger partial charge < -0.3 is 0 Å². The van der Waals surface area contributed by atoms with Crippen molar-refractivity contribution in [1.29, 1.82) is 0 Å². The second kappa shape index (κ2) is 11.6. The van der Waals surface area contributed by atoms with Crippen molar-refractivity contribution in [2.75, 3.05) is 0 Å². The Morgan fingerprint density at radius 3 is 1.24 bits per heavy atom. The maximum absolute atomic E-state index is 14.6. The van der Waals surface area contributed by atoms with Gasteiger partial charge in [-0.2, -0.15) is 0 Å². The molecule has 0 N–H and O–H groups in total. The molecule has 0 nitrogen and oxygen atoms in total. The Morgan fingerprint density at radius 1 is 0.314 bits per heavy atom. The van der Waals surface area contributed by atoms with Crippen LogP contribution in [0.4, 0.5) is 11.7 Å². The fraction of sp³-hybridized carbons (Fsp3) is 0. The summed E-state index contributed by atoms with van der Waals surface area (Å²) in [6.45, 7) is 0. The summed E-state index contributed by atoms with van der Waals surface area (Å²) in [6.07, 6.45) is 0. The van der Waals surface area contributed by atoms with Crippen LogP contribution in [0, 0.1) is 0 Å². The maximum atomic E-state index is 14.6. The van der Waals surface area contributed by atoms with Gasteiger partial charge in [0, 0.05) is 0 Å². The van der Waals surface area contributed by atoms with Crippen LogP contribution in [0.1, 0.15) is 0 Å². The van der Waals surface area contributed by atoms with Gasteiger partial charge in [-0.05, 0) is 0 Å². The van der Waals surface area contributed by atoms with Crippen LogP contribution in [0.15, 0.2) is 169 Å². The fourth-order valence-electron chi connectivity index (χ4n) is 8.09. The van der Waals surface area contributed by atoms with Gasteiger partial charge >= 0.3 is 302 Å². The molecule has 0 aliphatic rings. The van der Waals surface area contributed by atoms with E-state index in [9.17, 15) is 11.7 Å². The van der Waals surface area contributed by atoms with E-state index in [0.717, 1.165) is 11.1 Å². The SMILES string of the molecule is FS(F)(F)c1c2ccccc2c(-c2ccc3[se]c4cc(-c5c6ccccc6c(-c6ccccc6)c6ccccc56)ccc4c3c2)c2ccccc12. The Hall–Kier alpha value is -5.32. The molecule has 1 heterocycles. The van der Waals surface area contributed by atoms with Crippen molar-refractivity contribution in [3.63, 3.8) is 0 Å². The minimum atomic E-state index is -5.47. The van der Waals surface area contributed by atoms with Crippen LogP contribution in [-0.4, -0.2) is 14.5 Å². The predicted molar refractivity (Wildman–Crippen MR) is 214 cm³/mol. The molecule has 0 aliphatic carbocycles. The summed E-state index contributed by atoms with van der Waals surface area (Å²) < 4.78 is 46.5. The molecule has 0 saturated carbocycles. The average Bonchev–Trinajstić information content (AvgIpc) is 3.52. The normalized spacial score (nSPS) is 12.5. The first kappa shape index (κ1) is 30.5. The van der Waals surface area contributed by atoms with Gasteiger partial charge in [-0.1, -0.05) is 0 Å². The van der Waals surface area contributed by atoms with Crippen LogP contribution in [0.3, 0.4) is 0 Å². The zero-order valence-corrected chi connectivity index (χ0v) is 29.6. The second-order valence-electron chi connectivity index (χ2n) is 12.9. The zero-order chi connectivity index (χ0) is 34.3. The quantitative estimate of drug-likeness (QED) is 0.124. The number of fused-ring (bicyclic) bond motifs is 7. The molecule has 0 radical (unpaired) electrons. The summed E-state index contributed by atoms with van der Waals surface area (Å²) in [4.78, 5) is -0.489. The molecule has 51 heavy (non-hydrogen) atoms. The number of hydrogen-bond acceptors (Lipinski definition) is 0. The molecule has 0 amide bonds. The van der Waals surface area contributed by atoms with E-state index < -0.39 is 16.1 Å². The van der Waals surface area contributed by atoms with Gasteiger partial charge in [-0.25, -0.2) is 0 Å². The zero-order valence-electron chi connectivity index (χ0n) is 27.0. The standard InChI is InChI=1S/C46H27F3SSe/c47-50(48,49)46-38-20-10-8-18-36(38)44(37-19-9-11-21-39(37)46)29-23-25-41-40(26-29)31-24-22-30(27-42(31)51-41)45-34-16-6-4-14-32(34)43(28-12-2-1-3-13-28)33-15-5-7-17-35(33)45/h1-27H. The molecule has 1 aromatic heterocycles. The number of hydrogen-bond donors (Lipinski definition) is 0. The third-order valence-corrected chi connectivity index (χ3v) is 13.4. The Balaban J connectivity index is 1.20. The molecular formula is C46H27F3SSe. The third-order valence-electron chi connectivity index (χ3n) is 10.2. The van der Waals surface area contributed by atoms with Gasteiger partial charge in [0.2, 0.25) is 0 Å². The van der Waals surface area contributed by atoms with Crippen LogP contribution in [0.5, 0.6) is 0 Å². The molecule has 9 aromatic carbocycles. The van der Waals surface area contributed by atoms with E-state index >= 15 is 0 Å². The molecule has 244 valence electrons. The average molecular weight is 748 g/mol. The summed E-state index contributed by atoms with van der Waals surface area (Å²) in [6, 6.07) is 55.4. The van der Waals surface area contributed by atoms with Crippen LogP contribution >= 0.6 is 11.2 Å². The Kier molecular flexibility index (Phi) is 6.94. The molecule has 0 atom stereocenters. The summed E-state index contributed by atoms with van der Waals surface area (Å²) >= 11 is -5.39. The van der Waals surface area contributed by atoms with E-state index in [4.69, 9.17) is 0 Å². The molecule has 0 saturated heterocycles. The summed E-state index contributed by atoms with van der Waals surface area (Å²) in [5.41, 5.74) is 6.67. The van der Waals surface area contributed by atoms with Crippen molar-refractivity contribution in [2.24, 2.45) is 0 Å². The monoisotopic (exact) mass is 748 g/mol. The molecule has 10 aromatic rings. The van der Waals surface area contributed by atoms with Crippen molar-refractivity contribution >= 4 is 88.1 Å². The van der Waals surface area contributed by atoms with Crippen LogP contribution in [-0.2, 0) is 0 Å². The van der Waals surface area contributed by atoms with Gasteiger partial charge in [0.1, 0.15) is 0 Å². The van der Waals surface area contributed by atoms with Gasteiger partial charge in [0.15, 0.2) is 0 Å². The van der Waals surface area contributed by atoms with E-state index in [-0.39, 0.29) is 25.3 Å². The summed E-state index contributed by atoms with van der Waals surface area (Å²) in [5, 5.41) is 9.08. The van der Waals surface area contributed by atoms with Crippen LogP contribution in [0.25, 0.3) is 95.8 Å². The van der Waals surface area contributed by atoms with Crippen LogP contribution < -0.4 is 0 Å². The first-order chi connectivity index (χ1) is 25.0. The van der Waals surface area contributed by atoms with Crippen molar-refractivity contribution in [3.8, 4) is 33.4 Å². The third kappa shape index (κ3) is 4.77.